The summed E-state index contributed by atoms with van der Waals surface area (Å²) in [6.45, 7) is 14.1. The van der Waals surface area contributed by atoms with E-state index in [-0.39, 0.29) is 11.4 Å². The first kappa shape index (κ1) is 28.6. The molecule has 4 aromatic rings. The van der Waals surface area contributed by atoms with Gasteiger partial charge in [-0.2, -0.15) is 5.10 Å². The van der Waals surface area contributed by atoms with Crippen molar-refractivity contribution < 1.29 is 14.3 Å². The lowest BCUT2D eigenvalue weighted by Crippen LogP contribution is -2.27. The van der Waals surface area contributed by atoms with E-state index in [0.717, 1.165) is 36.8 Å². The molecule has 0 radical (unpaired) electrons. The Balaban J connectivity index is 1.43. The molecule has 0 saturated heterocycles. The van der Waals surface area contributed by atoms with E-state index in [1.807, 2.05) is 30.3 Å². The molecule has 2 aromatic heterocycles. The summed E-state index contributed by atoms with van der Waals surface area (Å²) >= 11 is 0. The number of amides is 2. The van der Waals surface area contributed by atoms with Crippen LogP contribution < -0.4 is 20.1 Å². The van der Waals surface area contributed by atoms with Crippen LogP contribution in [0.3, 0.4) is 0 Å². The van der Waals surface area contributed by atoms with Crippen molar-refractivity contribution >= 4 is 17.5 Å². The minimum absolute atomic E-state index is 0.198. The summed E-state index contributed by atoms with van der Waals surface area (Å²) in [6.07, 6.45) is 3.34. The smallest absolute Gasteiger partial charge is 0.324 e. The zero-order valence-electron chi connectivity index (χ0n) is 23.8. The van der Waals surface area contributed by atoms with Gasteiger partial charge in [-0.25, -0.2) is 9.48 Å². The average molecular weight is 543 g/mol. The number of benzene rings is 2. The second-order valence-corrected chi connectivity index (χ2v) is 10.3. The van der Waals surface area contributed by atoms with Crippen molar-refractivity contribution in [2.24, 2.45) is 0 Å². The van der Waals surface area contributed by atoms with E-state index >= 15 is 0 Å². The average Bonchev–Trinajstić information content (AvgIpc) is 3.37. The number of aromatic nitrogens is 3. The van der Waals surface area contributed by atoms with Crippen LogP contribution >= 0.6 is 0 Å². The van der Waals surface area contributed by atoms with Gasteiger partial charge in [-0.3, -0.25) is 10.3 Å². The minimum atomic E-state index is -0.374. The van der Waals surface area contributed by atoms with Gasteiger partial charge in [0.25, 0.3) is 0 Å². The third-order valence-corrected chi connectivity index (χ3v) is 6.37. The van der Waals surface area contributed by atoms with Crippen molar-refractivity contribution in [3.63, 3.8) is 0 Å². The Labute approximate surface area is 236 Å². The van der Waals surface area contributed by atoms with E-state index in [2.05, 4.69) is 55.1 Å². The Hall–Kier alpha value is -4.37. The van der Waals surface area contributed by atoms with E-state index in [1.165, 1.54) is 0 Å². The number of likely N-dealkylation sites (N-methyl/N-ethyl adjacent to an activating group) is 1. The predicted octanol–water partition coefficient (Wildman–Crippen LogP) is 6.72. The lowest BCUT2D eigenvalue weighted by atomic mass is 9.92. The van der Waals surface area contributed by atoms with Gasteiger partial charge in [0.2, 0.25) is 0 Å². The molecule has 9 heteroatoms. The Bertz CT molecular complexity index is 1360. The first-order valence-electron chi connectivity index (χ1n) is 13.6. The first-order chi connectivity index (χ1) is 19.2. The fraction of sp³-hybridized carbons (Fsp3) is 0.323. The number of nitrogens with one attached hydrogen (secondary N) is 2. The highest BCUT2D eigenvalue weighted by atomic mass is 16.5. The number of hydrogen-bond acceptors (Lipinski definition) is 6. The molecule has 9 nitrogen and oxygen atoms in total. The molecule has 0 bridgehead atoms. The van der Waals surface area contributed by atoms with Crippen LogP contribution in [0.25, 0.3) is 5.69 Å². The molecule has 0 fully saturated rings. The topological polar surface area (TPSA) is 93.5 Å². The molecular weight excluding hydrogens is 504 g/mol. The van der Waals surface area contributed by atoms with E-state index in [1.54, 1.807) is 53.5 Å². The highest BCUT2D eigenvalue weighted by Crippen LogP contribution is 2.28. The molecule has 2 N–H and O–H groups in total. The summed E-state index contributed by atoms with van der Waals surface area (Å²) in [5, 5.41) is 10.6. The fourth-order valence-electron chi connectivity index (χ4n) is 3.98. The third kappa shape index (κ3) is 7.83. The maximum atomic E-state index is 13.0. The van der Waals surface area contributed by atoms with Crippen molar-refractivity contribution in [1.29, 1.82) is 0 Å². The standard InChI is InChI=1S/C31H38N6O3/c1-6-36(7-2)20-21-39-25-14-10-24(11-15-25)37-29(22-28(35-37)31(3,4)5)34-30(38)33-23-8-12-26(13-9-23)40-27-16-18-32-19-17-27/h8-19,22H,6-7,20-21H2,1-5H3,(H2,33,34,38). The maximum absolute atomic E-state index is 13.0. The Morgan fingerprint density at radius 1 is 0.875 bits per heavy atom. The van der Waals surface area contributed by atoms with Gasteiger partial charge in [-0.15, -0.1) is 0 Å². The van der Waals surface area contributed by atoms with Gasteiger partial charge in [0.15, 0.2) is 0 Å². The summed E-state index contributed by atoms with van der Waals surface area (Å²) in [4.78, 5) is 19.3. The Morgan fingerprint density at radius 2 is 1.50 bits per heavy atom. The minimum Gasteiger partial charge on any atom is -0.492 e. The number of rotatable bonds is 11. The molecule has 2 amide bonds. The van der Waals surface area contributed by atoms with Crippen LogP contribution in [0.4, 0.5) is 16.3 Å². The largest absolute Gasteiger partial charge is 0.492 e. The normalized spacial score (nSPS) is 11.3. The number of carbonyl (C=O) groups is 1. The zero-order valence-corrected chi connectivity index (χ0v) is 23.8. The van der Waals surface area contributed by atoms with Crippen LogP contribution in [-0.4, -0.2) is 51.9 Å². The zero-order chi connectivity index (χ0) is 28.5. The van der Waals surface area contributed by atoms with Crippen LogP contribution in [0.5, 0.6) is 17.2 Å². The number of nitrogens with zero attached hydrogens (tertiary/aromatic N) is 4. The first-order valence-corrected chi connectivity index (χ1v) is 13.6. The van der Waals surface area contributed by atoms with Gasteiger partial charge >= 0.3 is 6.03 Å². The summed E-state index contributed by atoms with van der Waals surface area (Å²) < 4.78 is 13.5. The Morgan fingerprint density at radius 3 is 2.12 bits per heavy atom. The molecule has 0 unspecified atom stereocenters. The van der Waals surface area contributed by atoms with Crippen LogP contribution in [0.1, 0.15) is 40.3 Å². The van der Waals surface area contributed by atoms with Gasteiger partial charge in [-0.05, 0) is 73.8 Å². The molecule has 40 heavy (non-hydrogen) atoms. The van der Waals surface area contributed by atoms with E-state index < -0.39 is 0 Å². The third-order valence-electron chi connectivity index (χ3n) is 6.37. The number of ether oxygens (including phenoxy) is 2. The molecule has 2 aromatic carbocycles. The lowest BCUT2D eigenvalue weighted by molar-refractivity contribution is 0.223. The highest BCUT2D eigenvalue weighted by Gasteiger charge is 2.21. The number of anilines is 2. The molecule has 0 spiro atoms. The maximum Gasteiger partial charge on any atom is 0.324 e. The molecule has 0 aliphatic rings. The molecular formula is C31H38N6O3. The fourth-order valence-corrected chi connectivity index (χ4v) is 3.98. The second-order valence-electron chi connectivity index (χ2n) is 10.3. The monoisotopic (exact) mass is 542 g/mol. The molecule has 0 aliphatic heterocycles. The lowest BCUT2D eigenvalue weighted by Gasteiger charge is -2.18. The van der Waals surface area contributed by atoms with E-state index in [0.29, 0.717) is 29.6 Å². The molecule has 4 rings (SSSR count). The second kappa shape index (κ2) is 13.1. The van der Waals surface area contributed by atoms with Gasteiger partial charge in [0.1, 0.15) is 29.7 Å². The molecule has 0 saturated carbocycles. The summed E-state index contributed by atoms with van der Waals surface area (Å²) in [6, 6.07) is 20.0. The van der Waals surface area contributed by atoms with Crippen molar-refractivity contribution in [3.05, 3.63) is 84.8 Å². The van der Waals surface area contributed by atoms with Gasteiger partial charge in [-0.1, -0.05) is 34.6 Å². The van der Waals surface area contributed by atoms with Gasteiger partial charge in [0, 0.05) is 36.1 Å². The summed E-state index contributed by atoms with van der Waals surface area (Å²) in [5.41, 5.74) is 2.11. The predicted molar refractivity (Wildman–Crippen MR) is 159 cm³/mol. The van der Waals surface area contributed by atoms with Crippen LogP contribution in [0, 0.1) is 0 Å². The van der Waals surface area contributed by atoms with Crippen molar-refractivity contribution in [3.8, 4) is 22.9 Å². The van der Waals surface area contributed by atoms with Crippen molar-refractivity contribution in [2.75, 3.05) is 36.9 Å². The SMILES string of the molecule is CCN(CC)CCOc1ccc(-n2nc(C(C)(C)C)cc2NC(=O)Nc2ccc(Oc3ccncc3)cc2)cc1. The quantitative estimate of drug-likeness (QED) is 0.218. The number of carbonyl (C=O) groups excluding carboxylic acids is 1. The van der Waals surface area contributed by atoms with Gasteiger partial charge in [0.05, 0.1) is 11.4 Å². The summed E-state index contributed by atoms with van der Waals surface area (Å²) in [5.74, 6) is 2.71. The van der Waals surface area contributed by atoms with Crippen molar-refractivity contribution in [2.45, 2.75) is 40.0 Å². The van der Waals surface area contributed by atoms with Gasteiger partial charge < -0.3 is 19.7 Å². The van der Waals surface area contributed by atoms with E-state index in [4.69, 9.17) is 14.6 Å². The molecule has 2 heterocycles. The highest BCUT2D eigenvalue weighted by molar-refractivity contribution is 5.99. The van der Waals surface area contributed by atoms with Crippen LogP contribution in [-0.2, 0) is 5.41 Å². The van der Waals surface area contributed by atoms with E-state index in [9.17, 15) is 4.79 Å². The number of pyridine rings is 1. The number of hydrogen-bond donors (Lipinski definition) is 2. The van der Waals surface area contributed by atoms with Crippen LogP contribution in [0.15, 0.2) is 79.1 Å². The summed E-state index contributed by atoms with van der Waals surface area (Å²) in [7, 11) is 0. The van der Waals surface area contributed by atoms with Crippen LogP contribution in [0.2, 0.25) is 0 Å². The number of urea groups is 1. The molecule has 0 aliphatic carbocycles. The molecule has 0 atom stereocenters. The Kier molecular flexibility index (Phi) is 9.39. The molecule has 210 valence electrons. The van der Waals surface area contributed by atoms with Crippen molar-refractivity contribution in [1.82, 2.24) is 19.7 Å².